The van der Waals surface area contributed by atoms with E-state index in [1.54, 1.807) is 25.1 Å². The Hall–Kier alpha value is -2.22. The first kappa shape index (κ1) is 16.8. The zero-order valence-corrected chi connectivity index (χ0v) is 12.7. The lowest BCUT2D eigenvalue weighted by Crippen LogP contribution is -2.42. The fraction of sp³-hybridized carbons (Fsp3) is 0.308. The Labute approximate surface area is 128 Å². The lowest BCUT2D eigenvalue weighted by molar-refractivity contribution is 0.0522. The number of hydrogen-bond acceptors (Lipinski definition) is 5. The van der Waals surface area contributed by atoms with Crippen LogP contribution in [0.1, 0.15) is 22.8 Å². The second-order valence-electron chi connectivity index (χ2n) is 3.99. The van der Waals surface area contributed by atoms with E-state index in [1.165, 1.54) is 7.05 Å². The van der Waals surface area contributed by atoms with Crippen molar-refractivity contribution in [2.24, 2.45) is 10.7 Å². The average Bonchev–Trinajstić information content (AvgIpc) is 2.46. The first-order chi connectivity index (χ1) is 9.97. The van der Waals surface area contributed by atoms with Gasteiger partial charge in [0.15, 0.2) is 5.96 Å². The number of nitrogens with two attached hydrogens (primary N) is 1. The maximum atomic E-state index is 11.7. The molecular formula is C13H18N4O3S. The van der Waals surface area contributed by atoms with Gasteiger partial charge in [0.25, 0.3) is 0 Å². The molecule has 0 spiro atoms. The van der Waals surface area contributed by atoms with Crippen molar-refractivity contribution in [2.45, 2.75) is 18.4 Å². The van der Waals surface area contributed by atoms with Gasteiger partial charge in [-0.3, -0.25) is 10.3 Å². The highest BCUT2D eigenvalue weighted by Crippen LogP contribution is 2.17. The SMILES string of the molecule is CCOC(=O)c1cc(CNC(=O)NC(N)=NC)ccc1S. The molecule has 7 nitrogen and oxygen atoms in total. The normalized spacial score (nSPS) is 10.9. The summed E-state index contributed by atoms with van der Waals surface area (Å²) in [5, 5.41) is 4.93. The molecule has 2 amide bonds. The minimum absolute atomic E-state index is 0.0189. The number of aliphatic imine (C=N–C) groups is 1. The summed E-state index contributed by atoms with van der Waals surface area (Å²) in [6, 6.07) is 4.57. The van der Waals surface area contributed by atoms with Crippen LogP contribution in [0.25, 0.3) is 0 Å². The van der Waals surface area contributed by atoms with Crippen LogP contribution in [0.3, 0.4) is 0 Å². The van der Waals surface area contributed by atoms with Crippen molar-refractivity contribution in [1.82, 2.24) is 10.6 Å². The van der Waals surface area contributed by atoms with Gasteiger partial charge < -0.3 is 15.8 Å². The lowest BCUT2D eigenvalue weighted by atomic mass is 10.1. The molecule has 0 fully saturated rings. The van der Waals surface area contributed by atoms with E-state index in [-0.39, 0.29) is 19.1 Å². The van der Waals surface area contributed by atoms with Gasteiger partial charge in [-0.25, -0.2) is 9.59 Å². The van der Waals surface area contributed by atoms with Crippen molar-refractivity contribution in [3.63, 3.8) is 0 Å². The van der Waals surface area contributed by atoms with E-state index in [0.29, 0.717) is 10.5 Å². The van der Waals surface area contributed by atoms with Crippen molar-refractivity contribution in [3.8, 4) is 0 Å². The van der Waals surface area contributed by atoms with Crippen LogP contribution in [0.5, 0.6) is 0 Å². The van der Waals surface area contributed by atoms with Crippen molar-refractivity contribution in [2.75, 3.05) is 13.7 Å². The van der Waals surface area contributed by atoms with Crippen LogP contribution < -0.4 is 16.4 Å². The van der Waals surface area contributed by atoms with Gasteiger partial charge in [0.05, 0.1) is 12.2 Å². The quantitative estimate of drug-likeness (QED) is 0.287. The summed E-state index contributed by atoms with van der Waals surface area (Å²) in [6.07, 6.45) is 0. The molecule has 0 atom stereocenters. The average molecular weight is 310 g/mol. The predicted molar refractivity (Wildman–Crippen MR) is 82.6 cm³/mol. The molecular weight excluding hydrogens is 292 g/mol. The third-order valence-corrected chi connectivity index (χ3v) is 2.88. The van der Waals surface area contributed by atoms with Gasteiger partial charge >= 0.3 is 12.0 Å². The summed E-state index contributed by atoms with van der Waals surface area (Å²) in [7, 11) is 1.46. The van der Waals surface area contributed by atoms with Gasteiger partial charge in [-0.05, 0) is 24.6 Å². The van der Waals surface area contributed by atoms with Crippen LogP contribution in [0, 0.1) is 0 Å². The molecule has 8 heteroatoms. The van der Waals surface area contributed by atoms with Crippen molar-refractivity contribution in [1.29, 1.82) is 0 Å². The van der Waals surface area contributed by atoms with Crippen LogP contribution >= 0.6 is 12.6 Å². The largest absolute Gasteiger partial charge is 0.462 e. The second kappa shape index (κ2) is 8.15. The molecule has 1 aromatic carbocycles. The number of guanidine groups is 1. The third kappa shape index (κ3) is 5.35. The highest BCUT2D eigenvalue weighted by molar-refractivity contribution is 7.80. The molecule has 21 heavy (non-hydrogen) atoms. The van der Waals surface area contributed by atoms with Gasteiger partial charge in [-0.1, -0.05) is 6.07 Å². The Bertz CT molecular complexity index is 560. The van der Waals surface area contributed by atoms with Crippen molar-refractivity contribution in [3.05, 3.63) is 29.3 Å². The summed E-state index contributed by atoms with van der Waals surface area (Å²) >= 11 is 4.21. The van der Waals surface area contributed by atoms with E-state index in [1.807, 2.05) is 0 Å². The van der Waals surface area contributed by atoms with Gasteiger partial charge in [-0.2, -0.15) is 0 Å². The number of benzene rings is 1. The van der Waals surface area contributed by atoms with Gasteiger partial charge in [-0.15, -0.1) is 12.6 Å². The Morgan fingerprint density at radius 1 is 1.43 bits per heavy atom. The molecule has 4 N–H and O–H groups in total. The van der Waals surface area contributed by atoms with E-state index in [4.69, 9.17) is 10.5 Å². The third-order valence-electron chi connectivity index (χ3n) is 2.49. The van der Waals surface area contributed by atoms with Gasteiger partial charge in [0, 0.05) is 18.5 Å². The van der Waals surface area contributed by atoms with E-state index in [2.05, 4.69) is 28.3 Å². The summed E-state index contributed by atoms with van der Waals surface area (Å²) in [4.78, 5) is 27.3. The maximum Gasteiger partial charge on any atom is 0.339 e. The number of nitrogens with zero attached hydrogens (tertiary/aromatic N) is 1. The predicted octanol–water partition coefficient (Wildman–Crippen LogP) is 0.896. The first-order valence-electron chi connectivity index (χ1n) is 6.24. The zero-order chi connectivity index (χ0) is 15.8. The Kier molecular flexibility index (Phi) is 6.54. The van der Waals surface area contributed by atoms with E-state index >= 15 is 0 Å². The molecule has 0 saturated carbocycles. The van der Waals surface area contributed by atoms with Crippen LogP contribution in [-0.2, 0) is 11.3 Å². The van der Waals surface area contributed by atoms with Crippen LogP contribution in [0.4, 0.5) is 4.79 Å². The molecule has 0 bridgehead atoms. The monoisotopic (exact) mass is 310 g/mol. The summed E-state index contributed by atoms with van der Waals surface area (Å²) in [6.45, 7) is 2.24. The van der Waals surface area contributed by atoms with Crippen LogP contribution in [-0.4, -0.2) is 31.6 Å². The van der Waals surface area contributed by atoms with Crippen LogP contribution in [0.2, 0.25) is 0 Å². The summed E-state index contributed by atoms with van der Waals surface area (Å²) in [5.74, 6) is -0.429. The molecule has 0 radical (unpaired) electrons. The fourth-order valence-electron chi connectivity index (χ4n) is 1.46. The van der Waals surface area contributed by atoms with Crippen molar-refractivity contribution >= 4 is 30.6 Å². The molecule has 114 valence electrons. The molecule has 1 aromatic rings. The number of ether oxygens (including phenoxy) is 1. The minimum Gasteiger partial charge on any atom is -0.462 e. The number of carbonyl (C=O) groups excluding carboxylic acids is 2. The number of hydrogen-bond donors (Lipinski definition) is 4. The van der Waals surface area contributed by atoms with Gasteiger partial charge in [0.1, 0.15) is 0 Å². The van der Waals surface area contributed by atoms with E-state index in [0.717, 1.165) is 5.56 Å². The molecule has 0 unspecified atom stereocenters. The highest BCUT2D eigenvalue weighted by Gasteiger charge is 2.11. The molecule has 1 rings (SSSR count). The number of amides is 2. The first-order valence-corrected chi connectivity index (χ1v) is 6.68. The fourth-order valence-corrected chi connectivity index (χ4v) is 1.69. The smallest absolute Gasteiger partial charge is 0.339 e. The summed E-state index contributed by atoms with van der Waals surface area (Å²) in [5.41, 5.74) is 6.46. The number of nitrogens with one attached hydrogen (secondary N) is 2. The molecule has 0 saturated heterocycles. The maximum absolute atomic E-state index is 11.7. The van der Waals surface area contributed by atoms with Crippen LogP contribution in [0.15, 0.2) is 28.1 Å². The number of rotatable bonds is 4. The number of thiol groups is 1. The van der Waals surface area contributed by atoms with E-state index in [9.17, 15) is 9.59 Å². The highest BCUT2D eigenvalue weighted by atomic mass is 32.1. The molecule has 0 heterocycles. The topological polar surface area (TPSA) is 106 Å². The number of carbonyl (C=O) groups is 2. The standard InChI is InChI=1S/C13H18N4O3S/c1-3-20-11(18)9-6-8(4-5-10(9)21)7-16-13(19)17-12(14)15-2/h4-6,21H,3,7H2,1-2H3,(H4,14,15,16,17,19). The zero-order valence-electron chi connectivity index (χ0n) is 11.8. The Morgan fingerprint density at radius 3 is 2.76 bits per heavy atom. The number of esters is 1. The van der Waals surface area contributed by atoms with E-state index < -0.39 is 12.0 Å². The number of urea groups is 1. The summed E-state index contributed by atoms with van der Waals surface area (Å²) < 4.78 is 4.94. The van der Waals surface area contributed by atoms with Crippen molar-refractivity contribution < 1.29 is 14.3 Å². The van der Waals surface area contributed by atoms with Gasteiger partial charge in [0.2, 0.25) is 0 Å². The minimum atomic E-state index is -0.481. The molecule has 0 aliphatic rings. The second-order valence-corrected chi connectivity index (χ2v) is 4.47. The Morgan fingerprint density at radius 2 is 2.14 bits per heavy atom. The Balaban J connectivity index is 2.70. The molecule has 0 aliphatic heterocycles. The molecule has 0 aromatic heterocycles. The molecule has 0 aliphatic carbocycles. The lowest BCUT2D eigenvalue weighted by Gasteiger charge is -2.09.